The lowest BCUT2D eigenvalue weighted by Gasteiger charge is -2.22. The molecule has 21 heavy (non-hydrogen) atoms. The van der Waals surface area contributed by atoms with Gasteiger partial charge in [0.25, 0.3) is 0 Å². The molecule has 2 N–H and O–H groups in total. The first-order valence-corrected chi connectivity index (χ1v) is 8.14. The van der Waals surface area contributed by atoms with Crippen molar-refractivity contribution in [1.29, 1.82) is 0 Å². The van der Waals surface area contributed by atoms with Crippen molar-refractivity contribution in [2.45, 2.75) is 6.54 Å². The first kappa shape index (κ1) is 15.1. The number of carbonyl (C=O) groups is 1. The van der Waals surface area contributed by atoms with E-state index in [0.717, 1.165) is 11.8 Å². The summed E-state index contributed by atoms with van der Waals surface area (Å²) in [4.78, 5) is 11.1. The van der Waals surface area contributed by atoms with Crippen LogP contribution in [0, 0.1) is 0 Å². The van der Waals surface area contributed by atoms with Gasteiger partial charge in [0.15, 0.2) is 0 Å². The van der Waals surface area contributed by atoms with Gasteiger partial charge < -0.3 is 5.73 Å². The topological polar surface area (TPSA) is 80.5 Å². The average Bonchev–Trinajstić information content (AvgIpc) is 2.45. The maximum absolute atomic E-state index is 12.0. The predicted molar refractivity (Wildman–Crippen MR) is 82.4 cm³/mol. The molecule has 6 heteroatoms. The van der Waals surface area contributed by atoms with Crippen molar-refractivity contribution in [3.63, 3.8) is 0 Å². The maximum atomic E-state index is 12.0. The van der Waals surface area contributed by atoms with Gasteiger partial charge in [-0.05, 0) is 29.8 Å². The van der Waals surface area contributed by atoms with Crippen LogP contribution in [0.2, 0.25) is 0 Å². The summed E-state index contributed by atoms with van der Waals surface area (Å²) in [5.41, 5.74) is 6.89. The Hall–Kier alpha value is -2.34. The molecule has 0 aliphatic rings. The number of amides is 1. The van der Waals surface area contributed by atoms with Crippen LogP contribution in [0.5, 0.6) is 0 Å². The van der Waals surface area contributed by atoms with Crippen LogP contribution in [0.25, 0.3) is 0 Å². The van der Waals surface area contributed by atoms with E-state index < -0.39 is 15.9 Å². The van der Waals surface area contributed by atoms with Crippen molar-refractivity contribution in [2.24, 2.45) is 5.73 Å². The molecule has 0 fully saturated rings. The molecule has 2 rings (SSSR count). The quantitative estimate of drug-likeness (QED) is 0.914. The van der Waals surface area contributed by atoms with E-state index in [4.69, 9.17) is 5.73 Å². The highest BCUT2D eigenvalue weighted by molar-refractivity contribution is 7.92. The van der Waals surface area contributed by atoms with Gasteiger partial charge in [0.2, 0.25) is 15.9 Å². The van der Waals surface area contributed by atoms with Crippen LogP contribution in [0.4, 0.5) is 5.69 Å². The summed E-state index contributed by atoms with van der Waals surface area (Å²) in [7, 11) is -3.43. The van der Waals surface area contributed by atoms with Crippen LogP contribution in [0.15, 0.2) is 54.6 Å². The van der Waals surface area contributed by atoms with Gasteiger partial charge in [-0.3, -0.25) is 9.10 Å². The first-order valence-electron chi connectivity index (χ1n) is 6.29. The fourth-order valence-electron chi connectivity index (χ4n) is 1.94. The van der Waals surface area contributed by atoms with E-state index in [-0.39, 0.29) is 6.54 Å². The number of nitrogens with zero attached hydrogens (tertiary/aromatic N) is 1. The number of hydrogen-bond acceptors (Lipinski definition) is 3. The van der Waals surface area contributed by atoms with Crippen molar-refractivity contribution in [3.8, 4) is 0 Å². The summed E-state index contributed by atoms with van der Waals surface area (Å²) in [6, 6.07) is 15.5. The fourth-order valence-corrected chi connectivity index (χ4v) is 2.83. The second kappa shape index (κ2) is 5.97. The van der Waals surface area contributed by atoms with Crippen molar-refractivity contribution in [3.05, 3.63) is 65.7 Å². The van der Waals surface area contributed by atoms with E-state index in [1.807, 2.05) is 30.3 Å². The summed E-state index contributed by atoms with van der Waals surface area (Å²) >= 11 is 0. The highest BCUT2D eigenvalue weighted by atomic mass is 32.2. The Morgan fingerprint density at radius 1 is 1.05 bits per heavy atom. The van der Waals surface area contributed by atoms with Crippen molar-refractivity contribution in [1.82, 2.24) is 0 Å². The molecule has 0 aliphatic carbocycles. The monoisotopic (exact) mass is 304 g/mol. The first-order chi connectivity index (χ1) is 9.88. The van der Waals surface area contributed by atoms with Gasteiger partial charge in [-0.1, -0.05) is 30.3 Å². The fraction of sp³-hybridized carbons (Fsp3) is 0.133. The third kappa shape index (κ3) is 3.82. The molecule has 0 unspecified atom stereocenters. The number of sulfonamides is 1. The van der Waals surface area contributed by atoms with Gasteiger partial charge in [-0.15, -0.1) is 0 Å². The molecule has 0 spiro atoms. The Kier molecular flexibility index (Phi) is 4.28. The average molecular weight is 304 g/mol. The maximum Gasteiger partial charge on any atom is 0.248 e. The largest absolute Gasteiger partial charge is 0.366 e. The van der Waals surface area contributed by atoms with Gasteiger partial charge in [0.05, 0.1) is 18.5 Å². The molecular weight excluding hydrogens is 288 g/mol. The summed E-state index contributed by atoms with van der Waals surface area (Å²) in [5, 5.41) is 0. The SMILES string of the molecule is CS(=O)(=O)N(Cc1ccccc1)c1ccc(C(N)=O)cc1. The van der Waals surface area contributed by atoms with Crippen LogP contribution in [0.1, 0.15) is 15.9 Å². The molecule has 0 atom stereocenters. The van der Waals surface area contributed by atoms with E-state index in [1.165, 1.54) is 16.4 Å². The van der Waals surface area contributed by atoms with Crippen molar-refractivity contribution in [2.75, 3.05) is 10.6 Å². The standard InChI is InChI=1S/C15H16N2O3S/c1-21(19,20)17(11-12-5-3-2-4-6-12)14-9-7-13(8-10-14)15(16)18/h2-10H,11H2,1H3,(H2,16,18). The number of rotatable bonds is 5. The number of hydrogen-bond donors (Lipinski definition) is 1. The normalized spacial score (nSPS) is 11.1. The van der Waals surface area contributed by atoms with Gasteiger partial charge >= 0.3 is 0 Å². The molecule has 0 aliphatic heterocycles. The zero-order valence-corrected chi connectivity index (χ0v) is 12.4. The summed E-state index contributed by atoms with van der Waals surface area (Å²) in [5.74, 6) is -0.546. The van der Waals surface area contributed by atoms with Crippen LogP contribution >= 0.6 is 0 Å². The molecule has 110 valence electrons. The summed E-state index contributed by atoms with van der Waals surface area (Å²) < 4.78 is 25.3. The molecule has 0 radical (unpaired) electrons. The van der Waals surface area contributed by atoms with Gasteiger partial charge in [0, 0.05) is 5.56 Å². The minimum absolute atomic E-state index is 0.232. The Balaban J connectivity index is 2.35. The Labute approximate surface area is 124 Å². The summed E-state index contributed by atoms with van der Waals surface area (Å²) in [6.07, 6.45) is 1.15. The molecule has 2 aromatic rings. The molecule has 0 saturated heterocycles. The molecule has 0 heterocycles. The van der Waals surface area contributed by atoms with Crippen LogP contribution in [-0.2, 0) is 16.6 Å². The number of benzene rings is 2. The molecule has 0 aromatic heterocycles. The zero-order valence-electron chi connectivity index (χ0n) is 11.6. The lowest BCUT2D eigenvalue weighted by atomic mass is 10.2. The van der Waals surface area contributed by atoms with Crippen molar-refractivity contribution >= 4 is 21.6 Å². The third-order valence-electron chi connectivity index (χ3n) is 3.01. The van der Waals surface area contributed by atoms with E-state index >= 15 is 0 Å². The number of nitrogens with two attached hydrogens (primary N) is 1. The number of carbonyl (C=O) groups excluding carboxylic acids is 1. The molecule has 5 nitrogen and oxygen atoms in total. The van der Waals surface area contributed by atoms with Crippen molar-refractivity contribution < 1.29 is 13.2 Å². The zero-order chi connectivity index (χ0) is 15.5. The van der Waals surface area contributed by atoms with Gasteiger partial charge in [-0.2, -0.15) is 0 Å². The molecule has 0 saturated carbocycles. The van der Waals surface area contributed by atoms with Crippen LogP contribution in [-0.4, -0.2) is 20.6 Å². The number of anilines is 1. The second-order valence-corrected chi connectivity index (χ2v) is 6.57. The van der Waals surface area contributed by atoms with E-state index in [2.05, 4.69) is 0 Å². The smallest absolute Gasteiger partial charge is 0.248 e. The minimum atomic E-state index is -3.43. The predicted octanol–water partition coefficient (Wildman–Crippen LogP) is 1.75. The molecule has 0 bridgehead atoms. The van der Waals surface area contributed by atoms with Crippen LogP contribution in [0.3, 0.4) is 0 Å². The lowest BCUT2D eigenvalue weighted by Crippen LogP contribution is -2.29. The highest BCUT2D eigenvalue weighted by Crippen LogP contribution is 2.21. The molecule has 1 amide bonds. The highest BCUT2D eigenvalue weighted by Gasteiger charge is 2.18. The molecular formula is C15H16N2O3S. The van der Waals surface area contributed by atoms with E-state index in [9.17, 15) is 13.2 Å². The summed E-state index contributed by atoms with van der Waals surface area (Å²) in [6.45, 7) is 0.232. The Morgan fingerprint density at radius 2 is 1.62 bits per heavy atom. The van der Waals surface area contributed by atoms with Gasteiger partial charge in [0.1, 0.15) is 0 Å². The van der Waals surface area contributed by atoms with E-state index in [0.29, 0.717) is 11.3 Å². The van der Waals surface area contributed by atoms with Crippen LogP contribution < -0.4 is 10.0 Å². The second-order valence-electron chi connectivity index (χ2n) is 4.67. The Bertz CT molecular complexity index is 725. The Morgan fingerprint density at radius 3 is 2.10 bits per heavy atom. The lowest BCUT2D eigenvalue weighted by molar-refractivity contribution is 0.100. The van der Waals surface area contributed by atoms with Gasteiger partial charge in [-0.25, -0.2) is 8.42 Å². The third-order valence-corrected chi connectivity index (χ3v) is 4.15. The molecule has 2 aromatic carbocycles. The minimum Gasteiger partial charge on any atom is -0.366 e. The van der Waals surface area contributed by atoms with E-state index in [1.54, 1.807) is 12.1 Å². The number of primary amides is 1.